The SMILES string of the molecule is CC1(C)COc2ccc(C(=O)CCOCC(F)(F)F)cc21. The second-order valence-corrected chi connectivity index (χ2v) is 5.72. The van der Waals surface area contributed by atoms with Crippen molar-refractivity contribution in [3.63, 3.8) is 0 Å². The van der Waals surface area contributed by atoms with Gasteiger partial charge in [-0.15, -0.1) is 0 Å². The maximum Gasteiger partial charge on any atom is 0.411 e. The van der Waals surface area contributed by atoms with E-state index in [-0.39, 0.29) is 24.2 Å². The lowest BCUT2D eigenvalue weighted by molar-refractivity contribution is -0.173. The third-order valence-electron chi connectivity index (χ3n) is 3.36. The van der Waals surface area contributed by atoms with E-state index >= 15 is 0 Å². The highest BCUT2D eigenvalue weighted by molar-refractivity contribution is 5.96. The molecule has 0 spiro atoms. The zero-order valence-electron chi connectivity index (χ0n) is 11.9. The van der Waals surface area contributed by atoms with Crippen molar-refractivity contribution in [3.8, 4) is 5.75 Å². The molecule has 1 aromatic carbocycles. The van der Waals surface area contributed by atoms with Crippen molar-refractivity contribution in [2.24, 2.45) is 0 Å². The Kier molecular flexibility index (Phi) is 4.27. The van der Waals surface area contributed by atoms with E-state index in [1.54, 1.807) is 18.2 Å². The molecule has 2 rings (SSSR count). The second kappa shape index (κ2) is 5.67. The quantitative estimate of drug-likeness (QED) is 0.617. The van der Waals surface area contributed by atoms with Crippen molar-refractivity contribution < 1.29 is 27.4 Å². The number of Topliss-reactive ketones (excluding diaryl/α,β-unsaturated/α-hetero) is 1. The van der Waals surface area contributed by atoms with E-state index < -0.39 is 12.8 Å². The molecular weight excluding hydrogens is 285 g/mol. The average Bonchev–Trinajstić information content (AvgIpc) is 2.69. The second-order valence-electron chi connectivity index (χ2n) is 5.72. The van der Waals surface area contributed by atoms with Crippen molar-refractivity contribution in [3.05, 3.63) is 29.3 Å². The van der Waals surface area contributed by atoms with Gasteiger partial charge in [0, 0.05) is 23.0 Å². The molecule has 1 aliphatic heterocycles. The summed E-state index contributed by atoms with van der Waals surface area (Å²) in [4.78, 5) is 12.0. The Bertz CT molecular complexity index is 535. The number of carbonyl (C=O) groups is 1. The lowest BCUT2D eigenvalue weighted by Crippen LogP contribution is -2.19. The maximum absolute atomic E-state index is 12.0. The number of fused-ring (bicyclic) bond motifs is 1. The first-order valence-corrected chi connectivity index (χ1v) is 6.64. The van der Waals surface area contributed by atoms with Crippen LogP contribution < -0.4 is 4.74 Å². The van der Waals surface area contributed by atoms with Gasteiger partial charge in [0.1, 0.15) is 12.4 Å². The third-order valence-corrected chi connectivity index (χ3v) is 3.36. The molecule has 1 heterocycles. The van der Waals surface area contributed by atoms with E-state index in [2.05, 4.69) is 4.74 Å². The smallest absolute Gasteiger partial charge is 0.411 e. The Balaban J connectivity index is 1.95. The summed E-state index contributed by atoms with van der Waals surface area (Å²) in [5.74, 6) is 0.521. The Morgan fingerprint density at radius 2 is 2.10 bits per heavy atom. The fourth-order valence-electron chi connectivity index (χ4n) is 2.19. The standard InChI is InChI=1S/C15H17F3O3/c1-14(2)8-21-13-4-3-10(7-11(13)14)12(19)5-6-20-9-15(16,17)18/h3-4,7H,5-6,8-9H2,1-2H3. The van der Waals surface area contributed by atoms with Crippen LogP contribution in [0.2, 0.25) is 0 Å². The first-order chi connectivity index (χ1) is 9.69. The number of hydrogen-bond acceptors (Lipinski definition) is 3. The zero-order chi connectivity index (χ0) is 15.7. The van der Waals surface area contributed by atoms with Crippen LogP contribution in [0.25, 0.3) is 0 Å². The molecule has 0 radical (unpaired) electrons. The van der Waals surface area contributed by atoms with Crippen LogP contribution >= 0.6 is 0 Å². The molecule has 0 N–H and O–H groups in total. The number of ketones is 1. The predicted molar refractivity (Wildman–Crippen MR) is 70.8 cm³/mol. The van der Waals surface area contributed by atoms with Crippen molar-refractivity contribution >= 4 is 5.78 Å². The Hall–Kier alpha value is -1.56. The summed E-state index contributed by atoms with van der Waals surface area (Å²) in [5.41, 5.74) is 1.26. The minimum absolute atomic E-state index is 0.0733. The van der Waals surface area contributed by atoms with Crippen LogP contribution in [0.5, 0.6) is 5.75 Å². The molecule has 0 unspecified atom stereocenters. The van der Waals surface area contributed by atoms with Gasteiger partial charge in [0.25, 0.3) is 0 Å². The summed E-state index contributed by atoms with van der Waals surface area (Å²) in [5, 5.41) is 0. The highest BCUT2D eigenvalue weighted by Crippen LogP contribution is 2.38. The average molecular weight is 302 g/mol. The van der Waals surface area contributed by atoms with E-state index in [4.69, 9.17) is 4.74 Å². The summed E-state index contributed by atoms with van der Waals surface area (Å²) in [7, 11) is 0. The normalized spacial score (nSPS) is 16.4. The number of carbonyl (C=O) groups excluding carboxylic acids is 1. The Labute approximate surface area is 121 Å². The van der Waals surface area contributed by atoms with Gasteiger partial charge in [0.2, 0.25) is 0 Å². The van der Waals surface area contributed by atoms with Gasteiger partial charge in [-0.25, -0.2) is 0 Å². The van der Waals surface area contributed by atoms with Gasteiger partial charge in [-0.3, -0.25) is 4.79 Å². The number of alkyl halides is 3. The van der Waals surface area contributed by atoms with Crippen LogP contribution in [0, 0.1) is 0 Å². The van der Waals surface area contributed by atoms with Gasteiger partial charge in [-0.1, -0.05) is 13.8 Å². The van der Waals surface area contributed by atoms with E-state index in [1.165, 1.54) is 0 Å². The number of benzene rings is 1. The summed E-state index contributed by atoms with van der Waals surface area (Å²) in [6.07, 6.45) is -4.44. The lowest BCUT2D eigenvalue weighted by atomic mass is 9.85. The van der Waals surface area contributed by atoms with Gasteiger partial charge < -0.3 is 9.47 Å². The molecule has 21 heavy (non-hydrogen) atoms. The largest absolute Gasteiger partial charge is 0.492 e. The van der Waals surface area contributed by atoms with E-state index in [1.807, 2.05) is 13.8 Å². The number of ether oxygens (including phenoxy) is 2. The predicted octanol–water partition coefficient (Wildman–Crippen LogP) is 3.51. The molecular formula is C15H17F3O3. The Morgan fingerprint density at radius 1 is 1.38 bits per heavy atom. The molecule has 0 saturated carbocycles. The fourth-order valence-corrected chi connectivity index (χ4v) is 2.19. The van der Waals surface area contributed by atoms with Crippen LogP contribution in [0.3, 0.4) is 0 Å². The van der Waals surface area contributed by atoms with Crippen LogP contribution in [0.4, 0.5) is 13.2 Å². The van der Waals surface area contributed by atoms with Crippen molar-refractivity contribution in [2.45, 2.75) is 31.9 Å². The molecule has 116 valence electrons. The Morgan fingerprint density at radius 3 is 2.76 bits per heavy atom. The summed E-state index contributed by atoms with van der Waals surface area (Å²) in [6, 6.07) is 5.12. The molecule has 3 nitrogen and oxygen atoms in total. The van der Waals surface area contributed by atoms with Crippen LogP contribution in [0.15, 0.2) is 18.2 Å². The first-order valence-electron chi connectivity index (χ1n) is 6.64. The van der Waals surface area contributed by atoms with Gasteiger partial charge in [-0.2, -0.15) is 13.2 Å². The van der Waals surface area contributed by atoms with E-state index in [9.17, 15) is 18.0 Å². The molecule has 0 aromatic heterocycles. The number of rotatable bonds is 5. The van der Waals surface area contributed by atoms with Crippen LogP contribution in [0.1, 0.15) is 36.2 Å². The molecule has 6 heteroatoms. The number of halogens is 3. The summed E-state index contributed by atoms with van der Waals surface area (Å²) in [6.45, 7) is 3.01. The topological polar surface area (TPSA) is 35.5 Å². The number of hydrogen-bond donors (Lipinski definition) is 0. The van der Waals surface area contributed by atoms with Gasteiger partial charge in [0.05, 0.1) is 13.2 Å². The fraction of sp³-hybridized carbons (Fsp3) is 0.533. The minimum Gasteiger partial charge on any atom is -0.492 e. The molecule has 1 aliphatic rings. The summed E-state index contributed by atoms with van der Waals surface area (Å²) >= 11 is 0. The maximum atomic E-state index is 12.0. The van der Waals surface area contributed by atoms with E-state index in [0.717, 1.165) is 11.3 Å². The van der Waals surface area contributed by atoms with Crippen molar-refractivity contribution in [2.75, 3.05) is 19.8 Å². The summed E-state index contributed by atoms with van der Waals surface area (Å²) < 4.78 is 45.7. The first kappa shape index (κ1) is 15.8. The van der Waals surface area contributed by atoms with Crippen molar-refractivity contribution in [1.29, 1.82) is 0 Å². The molecule has 0 atom stereocenters. The molecule has 1 aromatic rings. The van der Waals surface area contributed by atoms with Crippen molar-refractivity contribution in [1.82, 2.24) is 0 Å². The van der Waals surface area contributed by atoms with Gasteiger partial charge in [-0.05, 0) is 18.2 Å². The van der Waals surface area contributed by atoms with Crippen LogP contribution in [-0.2, 0) is 10.2 Å². The highest BCUT2D eigenvalue weighted by atomic mass is 19.4. The van der Waals surface area contributed by atoms with Gasteiger partial charge >= 0.3 is 6.18 Å². The molecule has 0 fully saturated rings. The van der Waals surface area contributed by atoms with Gasteiger partial charge in [0.15, 0.2) is 5.78 Å². The molecule has 0 saturated heterocycles. The molecule has 0 bridgehead atoms. The molecule has 0 aliphatic carbocycles. The lowest BCUT2D eigenvalue weighted by Gasteiger charge is -2.15. The van der Waals surface area contributed by atoms with Crippen LogP contribution in [-0.4, -0.2) is 31.8 Å². The highest BCUT2D eigenvalue weighted by Gasteiger charge is 2.32. The monoisotopic (exact) mass is 302 g/mol. The third kappa shape index (κ3) is 3.97. The molecule has 0 amide bonds. The van der Waals surface area contributed by atoms with E-state index in [0.29, 0.717) is 12.2 Å². The zero-order valence-corrected chi connectivity index (χ0v) is 11.9. The minimum atomic E-state index is -4.36.